The number of hydrogen-bond acceptors (Lipinski definition) is 0. The first-order valence-electron chi connectivity index (χ1n) is 21.8. The molecule has 63 heavy (non-hydrogen) atoms. The summed E-state index contributed by atoms with van der Waals surface area (Å²) in [4.78, 5) is 0. The summed E-state index contributed by atoms with van der Waals surface area (Å²) in [6.07, 6.45) is 0. The van der Waals surface area contributed by atoms with Gasteiger partial charge in [-0.05, 0) is 124 Å². The molecule has 292 valence electrons. The molecule has 0 N–H and O–H groups in total. The van der Waals surface area contributed by atoms with Gasteiger partial charge in [0.15, 0.2) is 0 Å². The molecule has 1 aliphatic heterocycles. The molecule has 0 unspecified atom stereocenters. The van der Waals surface area contributed by atoms with Crippen molar-refractivity contribution in [1.29, 1.82) is 0 Å². The van der Waals surface area contributed by atoms with Crippen LogP contribution in [-0.4, -0.2) is 13.7 Å². The van der Waals surface area contributed by atoms with Crippen LogP contribution in [0.2, 0.25) is 0 Å². The predicted molar refractivity (Wildman–Crippen MR) is 265 cm³/mol. The van der Waals surface area contributed by atoms with E-state index >= 15 is 0 Å². The van der Waals surface area contributed by atoms with Crippen LogP contribution in [0.15, 0.2) is 224 Å². The molecule has 3 heteroatoms. The van der Waals surface area contributed by atoms with Crippen molar-refractivity contribution in [3.8, 4) is 61.6 Å². The first-order valence-corrected chi connectivity index (χ1v) is 21.8. The third-order valence-corrected chi connectivity index (χ3v) is 13.6. The van der Waals surface area contributed by atoms with E-state index in [2.05, 4.69) is 238 Å². The Labute approximate surface area is 363 Å². The number of para-hydroxylation sites is 5. The van der Waals surface area contributed by atoms with Gasteiger partial charge in [-0.2, -0.15) is 0 Å². The summed E-state index contributed by atoms with van der Waals surface area (Å²) in [6, 6.07) is 82.9. The van der Waals surface area contributed by atoms with E-state index in [1.54, 1.807) is 0 Å². The summed E-state index contributed by atoms with van der Waals surface area (Å²) in [5.74, 6) is 0. The molecular weight excluding hydrogens is 763 g/mol. The van der Waals surface area contributed by atoms with E-state index in [0.29, 0.717) is 0 Å². The number of nitrogens with zero attached hydrogens (tertiary/aromatic N) is 3. The molecule has 4 heterocycles. The molecule has 0 spiro atoms. The largest absolute Gasteiger partial charge is 0.309 e. The van der Waals surface area contributed by atoms with Crippen molar-refractivity contribution in [2.75, 3.05) is 0 Å². The first-order chi connectivity index (χ1) is 31.3. The highest BCUT2D eigenvalue weighted by Crippen LogP contribution is 2.49. The SMILES string of the molecule is c1ccc(-n2c3ccccc3c3cc(-c4ccc5c(c4)-c4ccccc4-c4cc(-c6ccc7c(c6)c6ccccc6n7-c6ccccc6)cc6c7ccccc7n-5c46)ccc32)cc1. The second kappa shape index (κ2) is 13.1. The lowest BCUT2D eigenvalue weighted by atomic mass is 9.90. The second-order valence-corrected chi connectivity index (χ2v) is 16.9. The molecule has 0 radical (unpaired) electrons. The highest BCUT2D eigenvalue weighted by atomic mass is 15.0. The monoisotopic (exact) mass is 799 g/mol. The van der Waals surface area contributed by atoms with Gasteiger partial charge in [0.05, 0.1) is 38.8 Å². The fourth-order valence-electron chi connectivity index (χ4n) is 10.8. The lowest BCUT2D eigenvalue weighted by Gasteiger charge is -2.15. The molecule has 0 fully saturated rings. The molecule has 0 amide bonds. The van der Waals surface area contributed by atoms with E-state index in [1.165, 1.54) is 127 Å². The van der Waals surface area contributed by atoms with Crippen LogP contribution in [0.5, 0.6) is 0 Å². The molecule has 0 saturated heterocycles. The molecular formula is C60H37N3. The van der Waals surface area contributed by atoms with Crippen LogP contribution in [-0.2, 0) is 0 Å². The van der Waals surface area contributed by atoms with Crippen LogP contribution >= 0.6 is 0 Å². The minimum Gasteiger partial charge on any atom is -0.309 e. The van der Waals surface area contributed by atoms with Gasteiger partial charge in [0.25, 0.3) is 0 Å². The zero-order chi connectivity index (χ0) is 41.2. The van der Waals surface area contributed by atoms with Crippen molar-refractivity contribution in [3.63, 3.8) is 0 Å². The quantitative estimate of drug-likeness (QED) is 0.168. The van der Waals surface area contributed by atoms with Crippen molar-refractivity contribution in [2.45, 2.75) is 0 Å². The smallest absolute Gasteiger partial charge is 0.0620 e. The minimum atomic E-state index is 1.17. The topological polar surface area (TPSA) is 14.8 Å². The van der Waals surface area contributed by atoms with Crippen LogP contribution in [0.3, 0.4) is 0 Å². The highest BCUT2D eigenvalue weighted by Gasteiger charge is 2.26. The Morgan fingerprint density at radius 3 is 1.21 bits per heavy atom. The third-order valence-electron chi connectivity index (χ3n) is 13.6. The molecule has 3 nitrogen and oxygen atoms in total. The van der Waals surface area contributed by atoms with Crippen LogP contribution < -0.4 is 0 Å². The fraction of sp³-hybridized carbons (Fsp3) is 0. The Bertz CT molecular complexity index is 4010. The van der Waals surface area contributed by atoms with E-state index in [4.69, 9.17) is 0 Å². The summed E-state index contributed by atoms with van der Waals surface area (Å²) >= 11 is 0. The van der Waals surface area contributed by atoms with Crippen LogP contribution in [0.25, 0.3) is 127 Å². The molecule has 10 aromatic carbocycles. The molecule has 0 bridgehead atoms. The van der Waals surface area contributed by atoms with E-state index in [1.807, 2.05) is 0 Å². The summed E-state index contributed by atoms with van der Waals surface area (Å²) in [7, 11) is 0. The molecule has 14 rings (SSSR count). The standard InChI is InChI=1S/C60H37N3/c1-3-15-42(16-4-1)61-54-24-12-9-21-46(54)50-34-39(27-30-57(50)61)38-28-32-59-49(33-38)44-19-7-8-20-45(44)52-36-41(37-53-48-23-11-14-26-56(48)63(59)60(52)53)40-29-31-58-51(35-40)47-22-10-13-25-55(47)62(58)43-17-5-2-6-18-43/h1-37H. The van der Waals surface area contributed by atoms with Gasteiger partial charge >= 0.3 is 0 Å². The van der Waals surface area contributed by atoms with Gasteiger partial charge in [0.2, 0.25) is 0 Å². The lowest BCUT2D eigenvalue weighted by molar-refractivity contribution is 1.18. The maximum Gasteiger partial charge on any atom is 0.0620 e. The maximum atomic E-state index is 2.52. The number of hydrogen-bond donors (Lipinski definition) is 0. The zero-order valence-corrected chi connectivity index (χ0v) is 34.2. The Morgan fingerprint density at radius 2 is 0.619 bits per heavy atom. The van der Waals surface area contributed by atoms with Gasteiger partial charge < -0.3 is 13.7 Å². The van der Waals surface area contributed by atoms with Gasteiger partial charge in [-0.1, -0.05) is 133 Å². The molecule has 0 aliphatic carbocycles. The highest BCUT2D eigenvalue weighted by molar-refractivity contribution is 6.19. The lowest BCUT2D eigenvalue weighted by Crippen LogP contribution is -1.96. The molecule has 13 aromatic rings. The normalized spacial score (nSPS) is 12.1. The molecule has 3 aromatic heterocycles. The van der Waals surface area contributed by atoms with Crippen molar-refractivity contribution >= 4 is 65.4 Å². The third kappa shape index (κ3) is 4.90. The van der Waals surface area contributed by atoms with Crippen molar-refractivity contribution in [1.82, 2.24) is 13.7 Å². The van der Waals surface area contributed by atoms with Crippen molar-refractivity contribution < 1.29 is 0 Å². The van der Waals surface area contributed by atoms with Crippen molar-refractivity contribution in [2.24, 2.45) is 0 Å². The molecule has 1 aliphatic rings. The number of fused-ring (bicyclic) bond motifs is 14. The van der Waals surface area contributed by atoms with E-state index in [9.17, 15) is 0 Å². The Hall–Kier alpha value is -8.40. The Morgan fingerprint density at radius 1 is 0.222 bits per heavy atom. The van der Waals surface area contributed by atoms with Crippen LogP contribution in [0.4, 0.5) is 0 Å². The van der Waals surface area contributed by atoms with Crippen LogP contribution in [0.1, 0.15) is 0 Å². The van der Waals surface area contributed by atoms with E-state index < -0.39 is 0 Å². The molecule has 0 atom stereocenters. The Kier molecular flexibility index (Phi) is 7.11. The van der Waals surface area contributed by atoms with Gasteiger partial charge in [-0.15, -0.1) is 0 Å². The van der Waals surface area contributed by atoms with Gasteiger partial charge in [0.1, 0.15) is 0 Å². The summed E-state index contributed by atoms with van der Waals surface area (Å²) in [5, 5.41) is 7.54. The van der Waals surface area contributed by atoms with E-state index in [0.717, 1.165) is 0 Å². The second-order valence-electron chi connectivity index (χ2n) is 16.9. The predicted octanol–water partition coefficient (Wildman–Crippen LogP) is 16.0. The average molecular weight is 800 g/mol. The minimum absolute atomic E-state index is 1.17. The number of benzene rings is 10. The van der Waals surface area contributed by atoms with Crippen molar-refractivity contribution in [3.05, 3.63) is 224 Å². The van der Waals surface area contributed by atoms with E-state index in [-0.39, 0.29) is 0 Å². The summed E-state index contributed by atoms with van der Waals surface area (Å²) in [6.45, 7) is 0. The number of aromatic nitrogens is 3. The van der Waals surface area contributed by atoms with Gasteiger partial charge in [0, 0.05) is 54.8 Å². The molecule has 0 saturated carbocycles. The summed E-state index contributed by atoms with van der Waals surface area (Å²) < 4.78 is 7.30. The number of rotatable bonds is 4. The zero-order valence-electron chi connectivity index (χ0n) is 34.2. The average Bonchev–Trinajstić information content (AvgIpc) is 3.96. The fourth-order valence-corrected chi connectivity index (χ4v) is 10.8. The van der Waals surface area contributed by atoms with Gasteiger partial charge in [-0.25, -0.2) is 0 Å². The Balaban J connectivity index is 0.980. The van der Waals surface area contributed by atoms with Crippen LogP contribution in [0, 0.1) is 0 Å². The first kappa shape index (κ1) is 34.3. The maximum absolute atomic E-state index is 2.52. The van der Waals surface area contributed by atoms with Gasteiger partial charge in [-0.3, -0.25) is 0 Å². The summed E-state index contributed by atoms with van der Waals surface area (Å²) in [5.41, 5.74) is 20.6.